The lowest BCUT2D eigenvalue weighted by Gasteiger charge is -2.34. The summed E-state index contributed by atoms with van der Waals surface area (Å²) in [5, 5.41) is 10.8. The molecule has 1 aliphatic rings. The molecule has 3 rings (SSSR count). The van der Waals surface area contributed by atoms with Gasteiger partial charge in [-0.15, -0.1) is 10.2 Å². The number of nitrogens with zero attached hydrogens (tertiary/aromatic N) is 4. The number of ether oxygens (including phenoxy) is 1. The third kappa shape index (κ3) is 5.08. The number of rotatable bonds is 6. The minimum atomic E-state index is 0.178. The Morgan fingerprint density at radius 3 is 2.73 bits per heavy atom. The van der Waals surface area contributed by atoms with E-state index >= 15 is 0 Å². The molecule has 2 aromatic rings. The number of carbonyl (C=O) groups is 1. The van der Waals surface area contributed by atoms with Gasteiger partial charge in [0.05, 0.1) is 11.1 Å². The van der Waals surface area contributed by atoms with E-state index in [-0.39, 0.29) is 5.91 Å². The zero-order valence-corrected chi connectivity index (χ0v) is 17.6. The minimum absolute atomic E-state index is 0.178. The molecule has 2 heterocycles. The van der Waals surface area contributed by atoms with Crippen molar-refractivity contribution in [3.05, 3.63) is 32.7 Å². The molecule has 0 spiro atoms. The summed E-state index contributed by atoms with van der Waals surface area (Å²) in [5.74, 6) is 0.916. The Labute approximate surface area is 170 Å². The van der Waals surface area contributed by atoms with E-state index in [0.717, 1.165) is 46.5 Å². The summed E-state index contributed by atoms with van der Waals surface area (Å²) in [5.41, 5.74) is 0. The molecule has 140 valence electrons. The summed E-state index contributed by atoms with van der Waals surface area (Å²) < 4.78 is 6.53. The summed E-state index contributed by atoms with van der Waals surface area (Å²) in [6, 6.07) is 5.40. The Kier molecular flexibility index (Phi) is 6.72. The standard InChI is InChI=1S/C17H20BrClN4O2S/c1-12-20-21-17(26-12)23-8-6-22(7-9-23)16(24)3-2-10-25-15-5-4-13(19)11-14(15)18/h4-5,11H,2-3,6-10H2,1H3. The molecule has 0 saturated carbocycles. The van der Waals surface area contributed by atoms with Gasteiger partial charge in [0.1, 0.15) is 10.8 Å². The number of hydrogen-bond acceptors (Lipinski definition) is 6. The first-order valence-electron chi connectivity index (χ1n) is 8.43. The molecule has 0 radical (unpaired) electrons. The van der Waals surface area contributed by atoms with Crippen molar-refractivity contribution in [3.63, 3.8) is 0 Å². The van der Waals surface area contributed by atoms with Crippen LogP contribution in [0.25, 0.3) is 0 Å². The second-order valence-corrected chi connectivity index (χ2v) is 8.45. The van der Waals surface area contributed by atoms with Gasteiger partial charge in [-0.1, -0.05) is 22.9 Å². The van der Waals surface area contributed by atoms with Gasteiger partial charge in [0.2, 0.25) is 11.0 Å². The predicted molar refractivity (Wildman–Crippen MR) is 107 cm³/mol. The summed E-state index contributed by atoms with van der Waals surface area (Å²) in [6.45, 7) is 5.49. The van der Waals surface area contributed by atoms with Crippen LogP contribution in [0.1, 0.15) is 17.8 Å². The summed E-state index contributed by atoms with van der Waals surface area (Å²) in [6.07, 6.45) is 1.17. The number of piperazine rings is 1. The van der Waals surface area contributed by atoms with Gasteiger partial charge in [0.15, 0.2) is 0 Å². The quantitative estimate of drug-likeness (QED) is 0.616. The van der Waals surface area contributed by atoms with Crippen LogP contribution in [0.2, 0.25) is 5.02 Å². The molecule has 0 atom stereocenters. The maximum Gasteiger partial charge on any atom is 0.222 e. The van der Waals surface area contributed by atoms with E-state index < -0.39 is 0 Å². The van der Waals surface area contributed by atoms with Gasteiger partial charge < -0.3 is 14.5 Å². The Bertz CT molecular complexity index is 765. The van der Waals surface area contributed by atoms with E-state index in [1.165, 1.54) is 0 Å². The third-order valence-corrected chi connectivity index (χ3v) is 5.86. The molecule has 0 unspecified atom stereocenters. The highest BCUT2D eigenvalue weighted by Crippen LogP contribution is 2.28. The highest BCUT2D eigenvalue weighted by molar-refractivity contribution is 9.10. The fourth-order valence-electron chi connectivity index (χ4n) is 2.72. The topological polar surface area (TPSA) is 58.6 Å². The van der Waals surface area contributed by atoms with Crippen LogP contribution >= 0.6 is 38.9 Å². The lowest BCUT2D eigenvalue weighted by atomic mass is 10.2. The molecular weight excluding hydrogens is 440 g/mol. The smallest absolute Gasteiger partial charge is 0.222 e. The highest BCUT2D eigenvalue weighted by Gasteiger charge is 2.22. The zero-order chi connectivity index (χ0) is 18.5. The average Bonchev–Trinajstić information content (AvgIpc) is 3.06. The van der Waals surface area contributed by atoms with Crippen molar-refractivity contribution in [2.24, 2.45) is 0 Å². The fraction of sp³-hybridized carbons (Fsp3) is 0.471. The number of carbonyl (C=O) groups excluding carboxylic acids is 1. The summed E-state index contributed by atoms with van der Waals surface area (Å²) >= 11 is 10.9. The van der Waals surface area contributed by atoms with Crippen LogP contribution in [0.4, 0.5) is 5.13 Å². The molecule has 1 aromatic carbocycles. The number of halogens is 2. The van der Waals surface area contributed by atoms with E-state index in [2.05, 4.69) is 31.0 Å². The molecule has 1 saturated heterocycles. The minimum Gasteiger partial charge on any atom is -0.492 e. The molecule has 0 bridgehead atoms. The van der Waals surface area contributed by atoms with Gasteiger partial charge in [-0.25, -0.2) is 0 Å². The van der Waals surface area contributed by atoms with Crippen molar-refractivity contribution in [1.82, 2.24) is 15.1 Å². The maximum absolute atomic E-state index is 12.4. The molecular formula is C17H20BrClN4O2S. The number of aryl methyl sites for hydroxylation is 1. The van der Waals surface area contributed by atoms with Crippen LogP contribution in [0.5, 0.6) is 5.75 Å². The molecule has 0 N–H and O–H groups in total. The van der Waals surface area contributed by atoms with Crippen LogP contribution in [0, 0.1) is 6.92 Å². The van der Waals surface area contributed by atoms with Crippen molar-refractivity contribution >= 4 is 49.9 Å². The first kappa shape index (κ1) is 19.4. The number of anilines is 1. The average molecular weight is 460 g/mol. The van der Waals surface area contributed by atoms with Crippen molar-refractivity contribution in [3.8, 4) is 5.75 Å². The van der Waals surface area contributed by atoms with E-state index in [9.17, 15) is 4.79 Å². The van der Waals surface area contributed by atoms with Gasteiger partial charge in [-0.3, -0.25) is 4.79 Å². The summed E-state index contributed by atoms with van der Waals surface area (Å²) in [7, 11) is 0. The van der Waals surface area contributed by atoms with E-state index in [1.807, 2.05) is 17.9 Å². The number of hydrogen-bond donors (Lipinski definition) is 0. The highest BCUT2D eigenvalue weighted by atomic mass is 79.9. The Morgan fingerprint density at radius 1 is 1.31 bits per heavy atom. The second-order valence-electron chi connectivity index (χ2n) is 6.00. The zero-order valence-electron chi connectivity index (χ0n) is 14.5. The van der Waals surface area contributed by atoms with Gasteiger partial charge in [0, 0.05) is 37.6 Å². The second kappa shape index (κ2) is 9.01. The number of benzene rings is 1. The van der Waals surface area contributed by atoms with Crippen molar-refractivity contribution < 1.29 is 9.53 Å². The van der Waals surface area contributed by atoms with E-state index in [1.54, 1.807) is 23.5 Å². The Morgan fingerprint density at radius 2 is 2.08 bits per heavy atom. The molecule has 1 aromatic heterocycles. The molecule has 1 amide bonds. The van der Waals surface area contributed by atoms with Crippen molar-refractivity contribution in [2.45, 2.75) is 19.8 Å². The third-order valence-electron chi connectivity index (χ3n) is 4.10. The van der Waals surface area contributed by atoms with Gasteiger partial charge in [-0.2, -0.15) is 0 Å². The van der Waals surface area contributed by atoms with Gasteiger partial charge >= 0.3 is 0 Å². The van der Waals surface area contributed by atoms with Crippen molar-refractivity contribution in [1.29, 1.82) is 0 Å². The first-order chi connectivity index (χ1) is 12.5. The first-order valence-corrected chi connectivity index (χ1v) is 10.4. The maximum atomic E-state index is 12.4. The van der Waals surface area contributed by atoms with E-state index in [0.29, 0.717) is 24.5 Å². The molecule has 0 aliphatic carbocycles. The fourth-order valence-corrected chi connectivity index (χ4v) is 4.25. The van der Waals surface area contributed by atoms with Crippen LogP contribution in [-0.4, -0.2) is 53.8 Å². The van der Waals surface area contributed by atoms with Gasteiger partial charge in [0.25, 0.3) is 0 Å². The molecule has 6 nitrogen and oxygen atoms in total. The summed E-state index contributed by atoms with van der Waals surface area (Å²) in [4.78, 5) is 16.5. The van der Waals surface area contributed by atoms with E-state index in [4.69, 9.17) is 16.3 Å². The lowest BCUT2D eigenvalue weighted by Crippen LogP contribution is -2.48. The van der Waals surface area contributed by atoms with Crippen LogP contribution in [0.15, 0.2) is 22.7 Å². The lowest BCUT2D eigenvalue weighted by molar-refractivity contribution is -0.131. The Balaban J connectivity index is 1.38. The predicted octanol–water partition coefficient (Wildman–Crippen LogP) is 3.77. The SMILES string of the molecule is Cc1nnc(N2CCN(C(=O)CCCOc3ccc(Cl)cc3Br)CC2)s1. The number of aromatic nitrogens is 2. The van der Waals surface area contributed by atoms with Gasteiger partial charge in [-0.05, 0) is 47.5 Å². The molecule has 9 heteroatoms. The largest absolute Gasteiger partial charge is 0.492 e. The number of amides is 1. The monoisotopic (exact) mass is 458 g/mol. The molecule has 1 fully saturated rings. The Hall–Kier alpha value is -1.38. The van der Waals surface area contributed by atoms with Crippen LogP contribution in [0.3, 0.4) is 0 Å². The van der Waals surface area contributed by atoms with Crippen molar-refractivity contribution in [2.75, 3.05) is 37.7 Å². The molecule has 26 heavy (non-hydrogen) atoms. The normalized spacial score (nSPS) is 14.6. The van der Waals surface area contributed by atoms with Crippen LogP contribution in [-0.2, 0) is 4.79 Å². The molecule has 1 aliphatic heterocycles. The van der Waals surface area contributed by atoms with Crippen LogP contribution < -0.4 is 9.64 Å².